The van der Waals surface area contributed by atoms with Crippen molar-refractivity contribution < 1.29 is 4.74 Å². The van der Waals surface area contributed by atoms with Gasteiger partial charge in [-0.2, -0.15) is 9.36 Å². The van der Waals surface area contributed by atoms with Gasteiger partial charge in [0.15, 0.2) is 0 Å². The van der Waals surface area contributed by atoms with Gasteiger partial charge in [0.25, 0.3) is 5.19 Å². The van der Waals surface area contributed by atoms with Crippen molar-refractivity contribution in [2.75, 3.05) is 0 Å². The third-order valence-electron chi connectivity index (χ3n) is 1.76. The molecule has 0 radical (unpaired) electrons. The van der Waals surface area contributed by atoms with E-state index in [1.807, 2.05) is 25.1 Å². The van der Waals surface area contributed by atoms with Crippen LogP contribution in [0.5, 0.6) is 10.9 Å². The van der Waals surface area contributed by atoms with Crippen LogP contribution in [0.15, 0.2) is 29.0 Å². The molecule has 0 unspecified atom stereocenters. The molecule has 0 amide bonds. The van der Waals surface area contributed by atoms with Gasteiger partial charge in [0.2, 0.25) is 0 Å². The molecule has 0 aliphatic heterocycles. The number of hydrogen-bond donors (Lipinski definition) is 0. The first-order valence-corrected chi connectivity index (χ1v) is 5.53. The maximum atomic E-state index is 5.54. The predicted molar refractivity (Wildman–Crippen MR) is 58.9 cm³/mol. The largest absolute Gasteiger partial charge is 0.430 e. The van der Waals surface area contributed by atoms with E-state index in [9.17, 15) is 0 Å². The van der Waals surface area contributed by atoms with E-state index < -0.39 is 0 Å². The summed E-state index contributed by atoms with van der Waals surface area (Å²) in [5, 5.41) is 0.561. The van der Waals surface area contributed by atoms with Crippen LogP contribution in [0.1, 0.15) is 5.56 Å². The summed E-state index contributed by atoms with van der Waals surface area (Å²) in [6.45, 7) is 1.99. The summed E-state index contributed by atoms with van der Waals surface area (Å²) in [5.74, 6) is 0.802. The molecule has 5 heteroatoms. The SMILES string of the molecule is Cc1c(Br)cccc1Oc1ncns1. The van der Waals surface area contributed by atoms with E-state index >= 15 is 0 Å². The van der Waals surface area contributed by atoms with Gasteiger partial charge < -0.3 is 4.74 Å². The van der Waals surface area contributed by atoms with Gasteiger partial charge in [-0.3, -0.25) is 0 Å². The highest BCUT2D eigenvalue weighted by Gasteiger charge is 2.05. The van der Waals surface area contributed by atoms with Crippen molar-refractivity contribution in [1.82, 2.24) is 9.36 Å². The Balaban J connectivity index is 2.29. The average molecular weight is 271 g/mol. The Labute approximate surface area is 94.1 Å². The molecule has 2 aromatic rings. The molecule has 0 saturated carbocycles. The average Bonchev–Trinajstić information content (AvgIpc) is 2.66. The predicted octanol–water partition coefficient (Wildman–Crippen LogP) is 3.40. The molecule has 0 saturated heterocycles. The van der Waals surface area contributed by atoms with Crippen LogP contribution in [0.25, 0.3) is 0 Å². The van der Waals surface area contributed by atoms with E-state index in [4.69, 9.17) is 4.74 Å². The van der Waals surface area contributed by atoms with Crippen molar-refractivity contribution in [3.63, 3.8) is 0 Å². The molecule has 0 fully saturated rings. The first-order chi connectivity index (χ1) is 6.77. The highest BCUT2D eigenvalue weighted by molar-refractivity contribution is 9.10. The molecule has 0 aliphatic rings. The maximum absolute atomic E-state index is 5.54. The van der Waals surface area contributed by atoms with E-state index in [0.717, 1.165) is 15.8 Å². The van der Waals surface area contributed by atoms with Crippen molar-refractivity contribution in [2.45, 2.75) is 6.92 Å². The summed E-state index contributed by atoms with van der Waals surface area (Å²) in [7, 11) is 0. The highest BCUT2D eigenvalue weighted by atomic mass is 79.9. The second-order valence-corrected chi connectivity index (χ2v) is 4.27. The molecular formula is C9H7BrN2OS. The van der Waals surface area contributed by atoms with E-state index in [-0.39, 0.29) is 0 Å². The Morgan fingerprint density at radius 2 is 2.29 bits per heavy atom. The molecule has 2 rings (SSSR count). The Kier molecular flexibility index (Phi) is 2.79. The molecular weight excluding hydrogens is 264 g/mol. The molecule has 0 bridgehead atoms. The van der Waals surface area contributed by atoms with Crippen LogP contribution in [0, 0.1) is 6.92 Å². The Morgan fingerprint density at radius 3 is 3.00 bits per heavy atom. The summed E-state index contributed by atoms with van der Waals surface area (Å²) < 4.78 is 10.4. The van der Waals surface area contributed by atoms with Crippen molar-refractivity contribution in [2.24, 2.45) is 0 Å². The minimum absolute atomic E-state index is 0.561. The molecule has 1 heterocycles. The van der Waals surface area contributed by atoms with E-state index in [2.05, 4.69) is 25.3 Å². The fourth-order valence-corrected chi connectivity index (χ4v) is 1.75. The monoisotopic (exact) mass is 270 g/mol. The highest BCUT2D eigenvalue weighted by Crippen LogP contribution is 2.29. The van der Waals surface area contributed by atoms with Crippen molar-refractivity contribution in [3.05, 3.63) is 34.6 Å². The smallest absolute Gasteiger partial charge is 0.298 e. The lowest BCUT2D eigenvalue weighted by Crippen LogP contribution is -1.86. The molecule has 1 aromatic carbocycles. The number of aromatic nitrogens is 2. The third-order valence-corrected chi connectivity index (χ3v) is 3.16. The van der Waals surface area contributed by atoms with Crippen LogP contribution in [0.4, 0.5) is 0 Å². The van der Waals surface area contributed by atoms with Gasteiger partial charge in [0.1, 0.15) is 12.1 Å². The summed E-state index contributed by atoms with van der Waals surface area (Å²) in [6.07, 6.45) is 1.48. The summed E-state index contributed by atoms with van der Waals surface area (Å²) in [6, 6.07) is 5.80. The molecule has 0 spiro atoms. The van der Waals surface area contributed by atoms with Gasteiger partial charge in [-0.15, -0.1) is 0 Å². The van der Waals surface area contributed by atoms with Gasteiger partial charge in [0, 0.05) is 21.6 Å². The summed E-state index contributed by atoms with van der Waals surface area (Å²) in [5.41, 5.74) is 1.06. The second kappa shape index (κ2) is 4.06. The van der Waals surface area contributed by atoms with E-state index in [1.165, 1.54) is 17.9 Å². The van der Waals surface area contributed by atoms with Crippen LogP contribution in [-0.2, 0) is 0 Å². The van der Waals surface area contributed by atoms with Crippen LogP contribution < -0.4 is 4.74 Å². The lowest BCUT2D eigenvalue weighted by molar-refractivity contribution is 0.474. The van der Waals surface area contributed by atoms with Crippen LogP contribution in [0.2, 0.25) is 0 Å². The van der Waals surface area contributed by atoms with Crippen LogP contribution >= 0.6 is 27.5 Å². The van der Waals surface area contributed by atoms with Crippen LogP contribution in [0.3, 0.4) is 0 Å². The number of halogens is 1. The molecule has 0 N–H and O–H groups in total. The summed E-state index contributed by atoms with van der Waals surface area (Å²) >= 11 is 4.67. The number of hydrogen-bond acceptors (Lipinski definition) is 4. The van der Waals surface area contributed by atoms with Crippen LogP contribution in [-0.4, -0.2) is 9.36 Å². The quantitative estimate of drug-likeness (QED) is 0.839. The number of ether oxygens (including phenoxy) is 1. The maximum Gasteiger partial charge on any atom is 0.298 e. The van der Waals surface area contributed by atoms with Crippen molar-refractivity contribution in [1.29, 1.82) is 0 Å². The van der Waals surface area contributed by atoms with Crippen molar-refractivity contribution >= 4 is 27.5 Å². The third kappa shape index (κ3) is 1.93. The second-order valence-electron chi connectivity index (χ2n) is 2.67. The molecule has 1 aromatic heterocycles. The fourth-order valence-electron chi connectivity index (χ4n) is 1.00. The lowest BCUT2D eigenvalue weighted by atomic mass is 10.2. The van der Waals surface area contributed by atoms with Gasteiger partial charge in [-0.05, 0) is 19.1 Å². The molecule has 14 heavy (non-hydrogen) atoms. The van der Waals surface area contributed by atoms with E-state index in [0.29, 0.717) is 5.19 Å². The lowest BCUT2D eigenvalue weighted by Gasteiger charge is -2.05. The zero-order valence-electron chi connectivity index (χ0n) is 7.40. The first kappa shape index (κ1) is 9.61. The molecule has 0 aliphatic carbocycles. The minimum Gasteiger partial charge on any atom is -0.430 e. The van der Waals surface area contributed by atoms with Crippen molar-refractivity contribution in [3.8, 4) is 10.9 Å². The van der Waals surface area contributed by atoms with Gasteiger partial charge in [0.05, 0.1) is 0 Å². The molecule has 0 atom stereocenters. The van der Waals surface area contributed by atoms with Gasteiger partial charge >= 0.3 is 0 Å². The zero-order chi connectivity index (χ0) is 9.97. The van der Waals surface area contributed by atoms with E-state index in [1.54, 1.807) is 0 Å². The number of nitrogens with zero attached hydrogens (tertiary/aromatic N) is 2. The standard InChI is InChI=1S/C9H7BrN2OS/c1-6-7(10)3-2-4-8(6)13-9-11-5-12-14-9/h2-5H,1H3. The zero-order valence-corrected chi connectivity index (χ0v) is 9.80. The Hall–Kier alpha value is -0.940. The molecule has 72 valence electrons. The topological polar surface area (TPSA) is 35.0 Å². The Morgan fingerprint density at radius 1 is 1.43 bits per heavy atom. The fraction of sp³-hybridized carbons (Fsp3) is 0.111. The molecule has 3 nitrogen and oxygen atoms in total. The summed E-state index contributed by atoms with van der Waals surface area (Å²) in [4.78, 5) is 3.95. The first-order valence-electron chi connectivity index (χ1n) is 3.97. The number of benzene rings is 1. The number of rotatable bonds is 2. The van der Waals surface area contributed by atoms with Gasteiger partial charge in [-0.1, -0.05) is 22.0 Å². The van der Waals surface area contributed by atoms with Gasteiger partial charge in [-0.25, -0.2) is 0 Å². The normalized spacial score (nSPS) is 10.1. The minimum atomic E-state index is 0.561. The Bertz CT molecular complexity index is 430.